The number of rotatable bonds is 7. The number of hydrogen-bond donors (Lipinski definition) is 1. The van der Waals surface area contributed by atoms with E-state index in [0.717, 1.165) is 16.9 Å². The number of nitrogens with one attached hydrogen (secondary N) is 1. The lowest BCUT2D eigenvalue weighted by Gasteiger charge is -2.38. The standard InChI is InChI=1S/C23H28N2O5/c1-25-21(26)12-11-19(22(25)15-5-8-17(28-2)9-6-15)23(27)24-14-16-7-10-18(29-3)13-20(16)30-4/h5-10,13,19,22H,11-12,14H2,1-4H3,(H,24,27)/t19-,22+/m1/s1. The maximum Gasteiger partial charge on any atom is 0.225 e. The van der Waals surface area contributed by atoms with Gasteiger partial charge in [0.1, 0.15) is 17.2 Å². The van der Waals surface area contributed by atoms with Gasteiger partial charge in [-0.15, -0.1) is 0 Å². The summed E-state index contributed by atoms with van der Waals surface area (Å²) in [6.45, 7) is 0.329. The molecule has 0 saturated carbocycles. The van der Waals surface area contributed by atoms with Gasteiger partial charge in [-0.25, -0.2) is 0 Å². The number of ether oxygens (including phenoxy) is 3. The molecule has 1 heterocycles. The van der Waals surface area contributed by atoms with E-state index in [1.54, 1.807) is 39.3 Å². The van der Waals surface area contributed by atoms with Crippen LogP contribution in [0, 0.1) is 5.92 Å². The Balaban J connectivity index is 1.78. The normalized spacial score (nSPS) is 18.7. The van der Waals surface area contributed by atoms with E-state index >= 15 is 0 Å². The largest absolute Gasteiger partial charge is 0.497 e. The van der Waals surface area contributed by atoms with Crippen molar-refractivity contribution in [1.82, 2.24) is 10.2 Å². The van der Waals surface area contributed by atoms with Crippen molar-refractivity contribution in [3.05, 3.63) is 53.6 Å². The van der Waals surface area contributed by atoms with Crippen LogP contribution >= 0.6 is 0 Å². The number of likely N-dealkylation sites (tertiary alicyclic amines) is 1. The number of benzene rings is 2. The maximum atomic E-state index is 13.1. The van der Waals surface area contributed by atoms with Crippen molar-refractivity contribution in [3.63, 3.8) is 0 Å². The molecule has 0 unspecified atom stereocenters. The summed E-state index contributed by atoms with van der Waals surface area (Å²) in [6.07, 6.45) is 0.860. The van der Waals surface area contributed by atoms with Crippen LogP contribution in [-0.2, 0) is 16.1 Å². The minimum Gasteiger partial charge on any atom is -0.497 e. The average Bonchev–Trinajstić information content (AvgIpc) is 2.79. The Morgan fingerprint density at radius 3 is 2.33 bits per heavy atom. The van der Waals surface area contributed by atoms with E-state index in [9.17, 15) is 9.59 Å². The Kier molecular flexibility index (Phi) is 6.82. The third kappa shape index (κ3) is 4.50. The second-order valence-electron chi connectivity index (χ2n) is 7.26. The molecule has 1 saturated heterocycles. The fourth-order valence-electron chi connectivity index (χ4n) is 3.88. The highest BCUT2D eigenvalue weighted by molar-refractivity contribution is 5.85. The van der Waals surface area contributed by atoms with Gasteiger partial charge in [0, 0.05) is 31.6 Å². The van der Waals surface area contributed by atoms with Crippen molar-refractivity contribution >= 4 is 11.8 Å². The zero-order chi connectivity index (χ0) is 21.7. The fraction of sp³-hybridized carbons (Fsp3) is 0.391. The molecule has 1 aliphatic heterocycles. The lowest BCUT2D eigenvalue weighted by molar-refractivity contribution is -0.141. The Bertz CT molecular complexity index is 897. The molecule has 0 radical (unpaired) electrons. The number of carbonyl (C=O) groups excluding carboxylic acids is 2. The number of hydrogen-bond acceptors (Lipinski definition) is 5. The first-order chi connectivity index (χ1) is 14.5. The fourth-order valence-corrected chi connectivity index (χ4v) is 3.88. The molecule has 2 amide bonds. The lowest BCUT2D eigenvalue weighted by Crippen LogP contribution is -2.46. The summed E-state index contributed by atoms with van der Waals surface area (Å²) >= 11 is 0. The summed E-state index contributed by atoms with van der Waals surface area (Å²) in [6, 6.07) is 12.7. The molecule has 30 heavy (non-hydrogen) atoms. The van der Waals surface area contributed by atoms with Gasteiger partial charge in [0.05, 0.1) is 33.3 Å². The predicted octanol–water partition coefficient (Wildman–Crippen LogP) is 2.94. The van der Waals surface area contributed by atoms with Crippen molar-refractivity contribution in [1.29, 1.82) is 0 Å². The first-order valence-electron chi connectivity index (χ1n) is 9.86. The molecular formula is C23H28N2O5. The summed E-state index contributed by atoms with van der Waals surface area (Å²) in [5.74, 6) is 1.68. The Morgan fingerprint density at radius 1 is 1.03 bits per heavy atom. The van der Waals surface area contributed by atoms with Crippen molar-refractivity contribution in [3.8, 4) is 17.2 Å². The van der Waals surface area contributed by atoms with Crippen LogP contribution in [0.5, 0.6) is 17.2 Å². The zero-order valence-electron chi connectivity index (χ0n) is 17.8. The van der Waals surface area contributed by atoms with Crippen molar-refractivity contribution in [2.45, 2.75) is 25.4 Å². The van der Waals surface area contributed by atoms with E-state index in [2.05, 4.69) is 5.32 Å². The molecule has 7 nitrogen and oxygen atoms in total. The van der Waals surface area contributed by atoms with Gasteiger partial charge in [0.25, 0.3) is 0 Å². The number of piperidine rings is 1. The van der Waals surface area contributed by atoms with Gasteiger partial charge in [-0.05, 0) is 36.2 Å². The molecule has 1 fully saturated rings. The Morgan fingerprint density at radius 2 is 1.70 bits per heavy atom. The summed E-state index contributed by atoms with van der Waals surface area (Å²) in [5, 5.41) is 3.02. The molecule has 2 aromatic rings. The van der Waals surface area contributed by atoms with Gasteiger partial charge in [-0.2, -0.15) is 0 Å². The topological polar surface area (TPSA) is 77.1 Å². The van der Waals surface area contributed by atoms with E-state index < -0.39 is 0 Å². The predicted molar refractivity (Wildman–Crippen MR) is 113 cm³/mol. The quantitative estimate of drug-likeness (QED) is 0.757. The van der Waals surface area contributed by atoms with E-state index in [4.69, 9.17) is 14.2 Å². The Hall–Kier alpha value is -3.22. The minimum atomic E-state index is -0.342. The van der Waals surface area contributed by atoms with Crippen LogP contribution in [0.2, 0.25) is 0 Å². The molecular weight excluding hydrogens is 384 g/mol. The minimum absolute atomic E-state index is 0.0386. The highest BCUT2D eigenvalue weighted by Gasteiger charge is 2.38. The van der Waals surface area contributed by atoms with Crippen LogP contribution in [0.4, 0.5) is 0 Å². The Labute approximate surface area is 176 Å². The summed E-state index contributed by atoms with van der Waals surface area (Å²) < 4.78 is 15.9. The third-order valence-electron chi connectivity index (χ3n) is 5.60. The number of methoxy groups -OCH3 is 3. The smallest absolute Gasteiger partial charge is 0.225 e. The second kappa shape index (κ2) is 9.52. The van der Waals surface area contributed by atoms with Gasteiger partial charge in [0.2, 0.25) is 11.8 Å². The highest BCUT2D eigenvalue weighted by Crippen LogP contribution is 2.36. The molecule has 0 spiro atoms. The molecule has 1 aliphatic rings. The molecule has 0 bridgehead atoms. The van der Waals surface area contributed by atoms with Crippen LogP contribution in [0.3, 0.4) is 0 Å². The summed E-state index contributed by atoms with van der Waals surface area (Å²) in [5.41, 5.74) is 1.77. The summed E-state index contributed by atoms with van der Waals surface area (Å²) in [4.78, 5) is 27.1. The highest BCUT2D eigenvalue weighted by atomic mass is 16.5. The molecule has 2 atom stereocenters. The van der Waals surface area contributed by atoms with Crippen LogP contribution in [0.15, 0.2) is 42.5 Å². The van der Waals surface area contributed by atoms with E-state index in [-0.39, 0.29) is 23.8 Å². The molecule has 1 N–H and O–H groups in total. The van der Waals surface area contributed by atoms with Crippen molar-refractivity contribution in [2.75, 3.05) is 28.4 Å². The second-order valence-corrected chi connectivity index (χ2v) is 7.26. The zero-order valence-corrected chi connectivity index (χ0v) is 17.8. The maximum absolute atomic E-state index is 13.1. The van der Waals surface area contributed by atoms with E-state index in [1.807, 2.05) is 36.4 Å². The van der Waals surface area contributed by atoms with Gasteiger partial charge >= 0.3 is 0 Å². The third-order valence-corrected chi connectivity index (χ3v) is 5.60. The van der Waals surface area contributed by atoms with Gasteiger partial charge in [0.15, 0.2) is 0 Å². The first kappa shape index (κ1) is 21.5. The van der Waals surface area contributed by atoms with Gasteiger partial charge in [-0.1, -0.05) is 12.1 Å². The summed E-state index contributed by atoms with van der Waals surface area (Å²) in [7, 11) is 6.54. The van der Waals surface area contributed by atoms with Gasteiger partial charge in [-0.3, -0.25) is 9.59 Å². The number of carbonyl (C=O) groups is 2. The van der Waals surface area contributed by atoms with E-state index in [0.29, 0.717) is 30.9 Å². The van der Waals surface area contributed by atoms with Crippen LogP contribution in [-0.4, -0.2) is 45.1 Å². The molecule has 7 heteroatoms. The molecule has 160 valence electrons. The van der Waals surface area contributed by atoms with Crippen LogP contribution in [0.25, 0.3) is 0 Å². The van der Waals surface area contributed by atoms with Crippen molar-refractivity contribution in [2.24, 2.45) is 5.92 Å². The average molecular weight is 412 g/mol. The van der Waals surface area contributed by atoms with Crippen molar-refractivity contribution < 1.29 is 23.8 Å². The molecule has 3 rings (SSSR count). The first-order valence-corrected chi connectivity index (χ1v) is 9.86. The van der Waals surface area contributed by atoms with Crippen LogP contribution < -0.4 is 19.5 Å². The number of nitrogens with zero attached hydrogens (tertiary/aromatic N) is 1. The van der Waals surface area contributed by atoms with E-state index in [1.165, 1.54) is 0 Å². The molecule has 2 aromatic carbocycles. The SMILES string of the molecule is COc1ccc([C@H]2[C@H](C(=O)NCc3ccc(OC)cc3OC)CCC(=O)N2C)cc1. The monoisotopic (exact) mass is 412 g/mol. The number of amides is 2. The molecule has 0 aliphatic carbocycles. The van der Waals surface area contributed by atoms with Gasteiger partial charge < -0.3 is 24.4 Å². The lowest BCUT2D eigenvalue weighted by atomic mass is 9.84. The van der Waals surface area contributed by atoms with Crippen LogP contribution in [0.1, 0.15) is 30.0 Å². The molecule has 0 aromatic heterocycles.